The molecule has 2 unspecified atom stereocenters. The van der Waals surface area contributed by atoms with Gasteiger partial charge in [0, 0.05) is 30.9 Å². The number of nitrogens with zero attached hydrogens (tertiary/aromatic N) is 6. The fraction of sp³-hybridized carbons (Fsp3) is 0.364. The van der Waals surface area contributed by atoms with Crippen LogP contribution in [-0.2, 0) is 11.3 Å². The van der Waals surface area contributed by atoms with Gasteiger partial charge in [-0.15, -0.1) is 0 Å². The molecule has 0 spiro atoms. The number of ether oxygens (including phenoxy) is 1. The smallest absolute Gasteiger partial charge is 0.371 e. The maximum Gasteiger partial charge on any atom is 0.408 e. The highest BCUT2D eigenvalue weighted by Crippen LogP contribution is 2.32. The zero-order valence-electron chi connectivity index (χ0n) is 17.7. The average molecular weight is 474 g/mol. The van der Waals surface area contributed by atoms with Crippen molar-refractivity contribution in [2.75, 3.05) is 13.1 Å². The first-order valence-electron chi connectivity index (χ1n) is 10.8. The highest BCUT2D eigenvalue weighted by Gasteiger charge is 2.37. The first-order chi connectivity index (χ1) is 16.2. The Labute approximate surface area is 189 Å². The zero-order chi connectivity index (χ0) is 23.6. The van der Waals surface area contributed by atoms with Crippen molar-refractivity contribution < 1.29 is 27.1 Å². The van der Waals surface area contributed by atoms with E-state index in [9.17, 15) is 22.4 Å². The van der Waals surface area contributed by atoms with E-state index >= 15 is 0 Å². The van der Waals surface area contributed by atoms with Crippen LogP contribution >= 0.6 is 0 Å². The topological polar surface area (TPSA) is 77.6 Å². The van der Waals surface area contributed by atoms with E-state index in [1.165, 1.54) is 41.2 Å². The first-order valence-corrected chi connectivity index (χ1v) is 10.8. The lowest BCUT2D eigenvalue weighted by Crippen LogP contribution is -2.46. The Morgan fingerprint density at radius 1 is 1.12 bits per heavy atom. The van der Waals surface area contributed by atoms with Gasteiger partial charge >= 0.3 is 6.18 Å². The largest absolute Gasteiger partial charge is 0.408 e. The standard InChI is InChI=1S/C22H18F4N6O2/c23-12-1-4-19-28-7-18(31(19)8-12)20-15-6-27-16(5-17(15)32(29-20)11-22(24,25)26)21(33)30-9-13-2-3-14(10-30)34-13/h1,4-8,13-14H,2-3,9-11H2. The molecule has 2 atom stereocenters. The molecule has 4 aromatic heterocycles. The number of morpholine rings is 1. The van der Waals surface area contributed by atoms with E-state index in [-0.39, 0.29) is 35.0 Å². The van der Waals surface area contributed by atoms with Gasteiger partial charge in [0.2, 0.25) is 0 Å². The van der Waals surface area contributed by atoms with Gasteiger partial charge in [-0.2, -0.15) is 18.3 Å². The van der Waals surface area contributed by atoms with Gasteiger partial charge in [0.05, 0.1) is 29.6 Å². The number of alkyl halides is 3. The van der Waals surface area contributed by atoms with Crippen molar-refractivity contribution in [3.63, 3.8) is 0 Å². The van der Waals surface area contributed by atoms with Crippen LogP contribution in [-0.4, -0.2) is 66.4 Å². The van der Waals surface area contributed by atoms with Crippen molar-refractivity contribution in [1.82, 2.24) is 29.0 Å². The lowest BCUT2D eigenvalue weighted by molar-refractivity contribution is -0.141. The van der Waals surface area contributed by atoms with E-state index in [0.29, 0.717) is 29.8 Å². The molecule has 1 amide bonds. The summed E-state index contributed by atoms with van der Waals surface area (Å²) in [6.07, 6.45) is 1.10. The van der Waals surface area contributed by atoms with Crippen LogP contribution in [0, 0.1) is 5.82 Å². The van der Waals surface area contributed by atoms with Gasteiger partial charge < -0.3 is 9.64 Å². The molecule has 0 N–H and O–H groups in total. The van der Waals surface area contributed by atoms with Crippen molar-refractivity contribution in [2.45, 2.75) is 37.8 Å². The second-order valence-corrected chi connectivity index (χ2v) is 8.59. The second-order valence-electron chi connectivity index (χ2n) is 8.59. The number of halogens is 4. The fourth-order valence-corrected chi connectivity index (χ4v) is 4.74. The predicted molar refractivity (Wildman–Crippen MR) is 112 cm³/mol. The Hall–Kier alpha value is -3.54. The number of hydrogen-bond donors (Lipinski definition) is 0. The summed E-state index contributed by atoms with van der Waals surface area (Å²) in [4.78, 5) is 23.2. The Morgan fingerprint density at radius 2 is 1.88 bits per heavy atom. The molecule has 176 valence electrons. The third-order valence-corrected chi connectivity index (χ3v) is 6.23. The first kappa shape index (κ1) is 21.0. The van der Waals surface area contributed by atoms with Crippen LogP contribution in [0.1, 0.15) is 23.3 Å². The van der Waals surface area contributed by atoms with E-state index in [4.69, 9.17) is 4.74 Å². The molecule has 2 aliphatic rings. The second kappa shape index (κ2) is 7.49. The molecule has 4 aromatic rings. The minimum absolute atomic E-state index is 0.0238. The van der Waals surface area contributed by atoms with Gasteiger partial charge in [-0.3, -0.25) is 18.9 Å². The molecule has 0 saturated carbocycles. The van der Waals surface area contributed by atoms with Crippen molar-refractivity contribution >= 4 is 22.5 Å². The predicted octanol–water partition coefficient (Wildman–Crippen LogP) is 3.45. The lowest BCUT2D eigenvalue weighted by Gasteiger charge is -2.31. The van der Waals surface area contributed by atoms with Gasteiger partial charge in [0.15, 0.2) is 0 Å². The van der Waals surface area contributed by atoms with Crippen LogP contribution in [0.5, 0.6) is 0 Å². The molecule has 0 aromatic carbocycles. The summed E-state index contributed by atoms with van der Waals surface area (Å²) in [7, 11) is 0. The summed E-state index contributed by atoms with van der Waals surface area (Å²) < 4.78 is 61.8. The molecule has 2 aliphatic heterocycles. The van der Waals surface area contributed by atoms with Crippen molar-refractivity contribution in [1.29, 1.82) is 0 Å². The van der Waals surface area contributed by atoms with Gasteiger partial charge in [-0.25, -0.2) is 9.37 Å². The molecule has 6 heterocycles. The quantitative estimate of drug-likeness (QED) is 0.425. The van der Waals surface area contributed by atoms with E-state index in [0.717, 1.165) is 17.5 Å². The van der Waals surface area contributed by atoms with Crippen molar-refractivity contribution in [3.8, 4) is 11.4 Å². The summed E-state index contributed by atoms with van der Waals surface area (Å²) in [6.45, 7) is -0.501. The lowest BCUT2D eigenvalue weighted by atomic mass is 10.2. The Bertz CT molecular complexity index is 1420. The van der Waals surface area contributed by atoms with Crippen LogP contribution in [0.4, 0.5) is 17.6 Å². The summed E-state index contributed by atoms with van der Waals surface area (Å²) in [5.74, 6) is -0.892. The molecular formula is C22H18F4N6O2. The minimum atomic E-state index is -4.54. The molecule has 2 saturated heterocycles. The number of imidazole rings is 1. The maximum absolute atomic E-state index is 13.8. The Morgan fingerprint density at radius 3 is 2.62 bits per heavy atom. The van der Waals surface area contributed by atoms with Crippen LogP contribution in [0.15, 0.2) is 36.8 Å². The van der Waals surface area contributed by atoms with Gasteiger partial charge in [0.1, 0.15) is 29.4 Å². The van der Waals surface area contributed by atoms with Gasteiger partial charge in [-0.05, 0) is 31.0 Å². The van der Waals surface area contributed by atoms with Crippen LogP contribution in [0.2, 0.25) is 0 Å². The summed E-state index contributed by atoms with van der Waals surface area (Å²) in [5.41, 5.74) is 1.03. The number of hydrogen-bond acceptors (Lipinski definition) is 5. The van der Waals surface area contributed by atoms with Gasteiger partial charge in [-0.1, -0.05) is 0 Å². The van der Waals surface area contributed by atoms with Crippen LogP contribution in [0.25, 0.3) is 27.9 Å². The SMILES string of the molecule is O=C(c1cc2c(cn1)c(-c1cnc3ccc(F)cn13)nn2CC(F)(F)F)N1CC2CCC(C1)O2. The Balaban J connectivity index is 1.45. The summed E-state index contributed by atoms with van der Waals surface area (Å²) in [6, 6.07) is 4.03. The van der Waals surface area contributed by atoms with Crippen LogP contribution < -0.4 is 0 Å². The molecular weight excluding hydrogens is 456 g/mol. The number of carbonyl (C=O) groups is 1. The highest BCUT2D eigenvalue weighted by atomic mass is 19.4. The molecule has 2 fully saturated rings. The molecule has 12 heteroatoms. The number of aromatic nitrogens is 5. The normalized spacial score (nSPS) is 20.5. The fourth-order valence-electron chi connectivity index (χ4n) is 4.74. The molecule has 8 nitrogen and oxygen atoms in total. The molecule has 0 aliphatic carbocycles. The number of rotatable bonds is 3. The third kappa shape index (κ3) is 3.58. The Kier molecular flexibility index (Phi) is 4.63. The number of likely N-dealkylation sites (tertiary alicyclic amines) is 1. The molecule has 0 radical (unpaired) electrons. The average Bonchev–Trinajstić information content (AvgIpc) is 3.46. The molecule has 6 rings (SSSR count). The number of fused-ring (bicyclic) bond motifs is 4. The molecule has 2 bridgehead atoms. The van der Waals surface area contributed by atoms with E-state index < -0.39 is 18.5 Å². The number of amides is 1. The summed E-state index contributed by atoms with van der Waals surface area (Å²) >= 11 is 0. The number of carbonyl (C=O) groups excluding carboxylic acids is 1. The zero-order valence-corrected chi connectivity index (χ0v) is 17.7. The third-order valence-electron chi connectivity index (χ3n) is 6.23. The number of pyridine rings is 2. The van der Waals surface area contributed by atoms with Gasteiger partial charge in [0.25, 0.3) is 5.91 Å². The highest BCUT2D eigenvalue weighted by molar-refractivity contribution is 5.99. The summed E-state index contributed by atoms with van der Waals surface area (Å²) in [5, 5.41) is 4.47. The monoisotopic (exact) mass is 474 g/mol. The van der Waals surface area contributed by atoms with E-state index in [1.807, 2.05) is 0 Å². The van der Waals surface area contributed by atoms with E-state index in [1.54, 1.807) is 4.90 Å². The maximum atomic E-state index is 13.8. The van der Waals surface area contributed by atoms with Crippen LogP contribution in [0.3, 0.4) is 0 Å². The van der Waals surface area contributed by atoms with Crippen molar-refractivity contribution in [3.05, 3.63) is 48.3 Å². The van der Waals surface area contributed by atoms with Crippen molar-refractivity contribution in [2.24, 2.45) is 0 Å². The molecule has 34 heavy (non-hydrogen) atoms. The van der Waals surface area contributed by atoms with E-state index in [2.05, 4.69) is 15.1 Å². The minimum Gasteiger partial charge on any atom is -0.371 e.